The van der Waals surface area contributed by atoms with Crippen LogP contribution in [0.25, 0.3) is 0 Å². The first-order valence-corrected chi connectivity index (χ1v) is 12.2. The SMILES string of the molecule is O=C(N[C@@H]1CCCC[C@H]1NC(=O)[C@@H]1CCCN(C(=O)Cc2ccccc2)C1)c1ccc(F)cc1. The second-order valence-electron chi connectivity index (χ2n) is 9.33. The zero-order valence-corrected chi connectivity index (χ0v) is 19.3. The molecular formula is C27H32FN3O3. The molecule has 2 aliphatic rings. The minimum atomic E-state index is -0.386. The van der Waals surface area contributed by atoms with E-state index in [0.29, 0.717) is 25.1 Å². The van der Waals surface area contributed by atoms with Crippen molar-refractivity contribution in [2.75, 3.05) is 13.1 Å². The smallest absolute Gasteiger partial charge is 0.251 e. The zero-order valence-electron chi connectivity index (χ0n) is 19.3. The van der Waals surface area contributed by atoms with Gasteiger partial charge in [0.15, 0.2) is 0 Å². The highest BCUT2D eigenvalue weighted by molar-refractivity contribution is 5.94. The van der Waals surface area contributed by atoms with Crippen LogP contribution >= 0.6 is 0 Å². The average Bonchev–Trinajstić information content (AvgIpc) is 2.86. The number of carbonyl (C=O) groups excluding carboxylic acids is 3. The van der Waals surface area contributed by atoms with Crippen molar-refractivity contribution in [1.29, 1.82) is 0 Å². The molecule has 7 heteroatoms. The third-order valence-electron chi connectivity index (χ3n) is 6.86. The summed E-state index contributed by atoms with van der Waals surface area (Å²) in [5.74, 6) is -0.899. The van der Waals surface area contributed by atoms with Crippen molar-refractivity contribution in [3.05, 3.63) is 71.5 Å². The van der Waals surface area contributed by atoms with E-state index >= 15 is 0 Å². The molecule has 34 heavy (non-hydrogen) atoms. The van der Waals surface area contributed by atoms with Gasteiger partial charge in [0.1, 0.15) is 5.82 Å². The molecule has 1 saturated heterocycles. The fraction of sp³-hybridized carbons (Fsp3) is 0.444. The number of halogens is 1. The van der Waals surface area contributed by atoms with Gasteiger partial charge >= 0.3 is 0 Å². The second kappa shape index (κ2) is 11.3. The lowest BCUT2D eigenvalue weighted by atomic mass is 9.88. The number of hydrogen-bond donors (Lipinski definition) is 2. The van der Waals surface area contributed by atoms with Crippen molar-refractivity contribution in [3.8, 4) is 0 Å². The van der Waals surface area contributed by atoms with E-state index in [1.54, 1.807) is 4.90 Å². The molecule has 3 atom stereocenters. The highest BCUT2D eigenvalue weighted by Crippen LogP contribution is 2.22. The van der Waals surface area contributed by atoms with Gasteiger partial charge in [-0.2, -0.15) is 0 Å². The lowest BCUT2D eigenvalue weighted by Crippen LogP contribution is -2.55. The summed E-state index contributed by atoms with van der Waals surface area (Å²) >= 11 is 0. The maximum Gasteiger partial charge on any atom is 0.251 e. The van der Waals surface area contributed by atoms with Crippen molar-refractivity contribution in [2.24, 2.45) is 5.92 Å². The van der Waals surface area contributed by atoms with Crippen LogP contribution in [0.2, 0.25) is 0 Å². The molecular weight excluding hydrogens is 433 g/mol. The van der Waals surface area contributed by atoms with Crippen LogP contribution in [0.1, 0.15) is 54.4 Å². The monoisotopic (exact) mass is 465 g/mol. The third kappa shape index (κ3) is 6.22. The van der Waals surface area contributed by atoms with E-state index in [4.69, 9.17) is 0 Å². The van der Waals surface area contributed by atoms with Gasteiger partial charge in [0, 0.05) is 30.7 Å². The van der Waals surface area contributed by atoms with Crippen molar-refractivity contribution in [3.63, 3.8) is 0 Å². The van der Waals surface area contributed by atoms with Gasteiger partial charge in [0.05, 0.1) is 12.3 Å². The Morgan fingerprint density at radius 3 is 2.24 bits per heavy atom. The van der Waals surface area contributed by atoms with Crippen LogP contribution in [0.3, 0.4) is 0 Å². The molecule has 2 aromatic carbocycles. The van der Waals surface area contributed by atoms with E-state index in [1.807, 2.05) is 30.3 Å². The highest BCUT2D eigenvalue weighted by atomic mass is 19.1. The van der Waals surface area contributed by atoms with Gasteiger partial charge in [-0.25, -0.2) is 4.39 Å². The lowest BCUT2D eigenvalue weighted by Gasteiger charge is -2.36. The van der Waals surface area contributed by atoms with Crippen LogP contribution in [-0.2, 0) is 16.0 Å². The Morgan fingerprint density at radius 2 is 1.53 bits per heavy atom. The van der Waals surface area contributed by atoms with Gasteiger partial charge in [-0.3, -0.25) is 14.4 Å². The number of rotatable bonds is 6. The van der Waals surface area contributed by atoms with Crippen LogP contribution < -0.4 is 10.6 Å². The van der Waals surface area contributed by atoms with E-state index < -0.39 is 0 Å². The number of amides is 3. The second-order valence-corrected chi connectivity index (χ2v) is 9.33. The van der Waals surface area contributed by atoms with Crippen LogP contribution in [0.15, 0.2) is 54.6 Å². The molecule has 2 N–H and O–H groups in total. The Bertz CT molecular complexity index is 996. The van der Waals surface area contributed by atoms with Gasteiger partial charge in [-0.1, -0.05) is 43.2 Å². The molecule has 0 aromatic heterocycles. The van der Waals surface area contributed by atoms with E-state index in [0.717, 1.165) is 44.1 Å². The Balaban J connectivity index is 1.33. The maximum atomic E-state index is 13.2. The fourth-order valence-electron chi connectivity index (χ4n) is 4.93. The number of likely N-dealkylation sites (tertiary alicyclic amines) is 1. The molecule has 1 heterocycles. The predicted molar refractivity (Wildman–Crippen MR) is 128 cm³/mol. The summed E-state index contributed by atoms with van der Waals surface area (Å²) in [7, 11) is 0. The van der Waals surface area contributed by atoms with Crippen molar-refractivity contribution in [2.45, 2.75) is 57.0 Å². The number of piperidine rings is 1. The van der Waals surface area contributed by atoms with Gasteiger partial charge in [0.25, 0.3) is 5.91 Å². The molecule has 3 amide bonds. The number of benzene rings is 2. The standard InChI is InChI=1S/C27H32FN3O3/c28-22-14-12-20(13-15-22)26(33)29-23-10-4-5-11-24(23)30-27(34)21-9-6-16-31(18-21)25(32)17-19-7-2-1-3-8-19/h1-3,7-8,12-15,21,23-24H,4-6,9-11,16-18H2,(H,29,33)(H,30,34)/t21-,23-,24-/m1/s1. The Morgan fingerprint density at radius 1 is 0.853 bits per heavy atom. The van der Waals surface area contributed by atoms with Gasteiger partial charge in [0.2, 0.25) is 11.8 Å². The summed E-state index contributed by atoms with van der Waals surface area (Å²) < 4.78 is 13.2. The quantitative estimate of drug-likeness (QED) is 0.686. The van der Waals surface area contributed by atoms with Crippen LogP contribution in [0.5, 0.6) is 0 Å². The molecule has 180 valence electrons. The number of nitrogens with zero attached hydrogens (tertiary/aromatic N) is 1. The average molecular weight is 466 g/mol. The van der Waals surface area contributed by atoms with Gasteiger partial charge in [-0.05, 0) is 55.5 Å². The van der Waals surface area contributed by atoms with E-state index in [1.165, 1.54) is 24.3 Å². The van der Waals surface area contributed by atoms with Crippen LogP contribution in [0, 0.1) is 11.7 Å². The van der Waals surface area contributed by atoms with Crippen molar-refractivity contribution in [1.82, 2.24) is 15.5 Å². The van der Waals surface area contributed by atoms with Gasteiger partial charge < -0.3 is 15.5 Å². The molecule has 1 saturated carbocycles. The lowest BCUT2D eigenvalue weighted by molar-refractivity contribution is -0.135. The first-order chi connectivity index (χ1) is 16.5. The summed E-state index contributed by atoms with van der Waals surface area (Å²) in [6.07, 6.45) is 5.43. The van der Waals surface area contributed by atoms with Gasteiger partial charge in [-0.15, -0.1) is 0 Å². The Hall–Kier alpha value is -3.22. The Kier molecular flexibility index (Phi) is 7.93. The van der Waals surface area contributed by atoms with Crippen LogP contribution in [0.4, 0.5) is 4.39 Å². The molecule has 6 nitrogen and oxygen atoms in total. The van der Waals surface area contributed by atoms with Crippen molar-refractivity contribution < 1.29 is 18.8 Å². The number of hydrogen-bond acceptors (Lipinski definition) is 3. The molecule has 2 fully saturated rings. The highest BCUT2D eigenvalue weighted by Gasteiger charge is 2.33. The molecule has 2 aromatic rings. The molecule has 0 radical (unpaired) electrons. The molecule has 1 aliphatic heterocycles. The predicted octanol–water partition coefficient (Wildman–Crippen LogP) is 3.46. The maximum absolute atomic E-state index is 13.2. The molecule has 1 aliphatic carbocycles. The molecule has 0 bridgehead atoms. The topological polar surface area (TPSA) is 78.5 Å². The third-order valence-corrected chi connectivity index (χ3v) is 6.86. The molecule has 4 rings (SSSR count). The van der Waals surface area contributed by atoms with Crippen molar-refractivity contribution >= 4 is 17.7 Å². The minimum absolute atomic E-state index is 0.0470. The number of nitrogens with one attached hydrogen (secondary N) is 2. The molecule has 0 spiro atoms. The van der Waals surface area contributed by atoms with E-state index in [-0.39, 0.29) is 41.5 Å². The first kappa shape index (κ1) is 23.9. The summed E-state index contributed by atoms with van der Waals surface area (Å²) in [6.45, 7) is 1.10. The van der Waals surface area contributed by atoms with E-state index in [9.17, 15) is 18.8 Å². The summed E-state index contributed by atoms with van der Waals surface area (Å²) in [5, 5.41) is 6.19. The number of carbonyl (C=O) groups is 3. The summed E-state index contributed by atoms with van der Waals surface area (Å²) in [5.41, 5.74) is 1.37. The Labute approximate surface area is 199 Å². The summed E-state index contributed by atoms with van der Waals surface area (Å²) in [4.78, 5) is 40.3. The minimum Gasteiger partial charge on any atom is -0.351 e. The normalized spacial score (nSPS) is 22.6. The summed E-state index contributed by atoms with van der Waals surface area (Å²) in [6, 6.07) is 14.8. The first-order valence-electron chi connectivity index (χ1n) is 12.2. The fourth-order valence-corrected chi connectivity index (χ4v) is 4.93. The van der Waals surface area contributed by atoms with E-state index in [2.05, 4.69) is 10.6 Å². The zero-order chi connectivity index (χ0) is 23.9. The molecule has 0 unspecified atom stereocenters. The van der Waals surface area contributed by atoms with Crippen LogP contribution in [-0.4, -0.2) is 47.8 Å². The largest absolute Gasteiger partial charge is 0.351 e.